The molecule has 210 valence electrons. The summed E-state index contributed by atoms with van der Waals surface area (Å²) in [5.74, 6) is -1.15. The maximum atomic E-state index is 13.1. The lowest BCUT2D eigenvalue weighted by molar-refractivity contribution is -0.158. The van der Waals surface area contributed by atoms with Gasteiger partial charge in [-0.25, -0.2) is 0 Å². The van der Waals surface area contributed by atoms with E-state index in [1.54, 1.807) is 95.9 Å². The average Bonchev–Trinajstić information content (AvgIpc) is 2.95. The number of likely N-dealkylation sites (N-methyl/N-ethyl adjacent to an activating group) is 1. The SMILES string of the molecule is CCOC(=O)C(Cc1ccc(Oc2ccc(C(=Cc3cc(OC)cc(OC)c3)C(=O)N(C)C)cc2)cc1)C(=O)O. The molecule has 0 aromatic heterocycles. The summed E-state index contributed by atoms with van der Waals surface area (Å²) in [5.41, 5.74) is 2.58. The minimum Gasteiger partial charge on any atom is -0.497 e. The van der Waals surface area contributed by atoms with Gasteiger partial charge in [-0.1, -0.05) is 24.3 Å². The third-order valence-electron chi connectivity index (χ3n) is 5.95. The van der Waals surface area contributed by atoms with Crippen molar-refractivity contribution in [1.29, 1.82) is 0 Å². The smallest absolute Gasteiger partial charge is 0.320 e. The first-order chi connectivity index (χ1) is 19.1. The van der Waals surface area contributed by atoms with Crippen molar-refractivity contribution in [3.8, 4) is 23.0 Å². The van der Waals surface area contributed by atoms with Crippen LogP contribution in [0, 0.1) is 5.92 Å². The van der Waals surface area contributed by atoms with Gasteiger partial charge < -0.3 is 29.0 Å². The first-order valence-electron chi connectivity index (χ1n) is 12.6. The van der Waals surface area contributed by atoms with Crippen molar-refractivity contribution in [3.05, 3.63) is 83.4 Å². The normalized spacial score (nSPS) is 11.8. The number of carboxylic acid groups (broad SMARTS) is 1. The molecular formula is C31H33NO8. The van der Waals surface area contributed by atoms with Crippen LogP contribution in [0.2, 0.25) is 0 Å². The zero-order valence-corrected chi connectivity index (χ0v) is 23.2. The van der Waals surface area contributed by atoms with Crippen molar-refractivity contribution in [2.75, 3.05) is 34.9 Å². The number of aliphatic carboxylic acids is 1. The second-order valence-corrected chi connectivity index (χ2v) is 9.02. The van der Waals surface area contributed by atoms with E-state index in [0.29, 0.717) is 39.7 Å². The number of hydrogen-bond acceptors (Lipinski definition) is 7. The van der Waals surface area contributed by atoms with Crippen molar-refractivity contribution in [2.45, 2.75) is 13.3 Å². The summed E-state index contributed by atoms with van der Waals surface area (Å²) in [7, 11) is 6.51. The van der Waals surface area contributed by atoms with Gasteiger partial charge in [0.1, 0.15) is 23.0 Å². The lowest BCUT2D eigenvalue weighted by atomic mass is 9.99. The summed E-state index contributed by atoms with van der Waals surface area (Å²) in [6.07, 6.45) is 1.79. The van der Waals surface area contributed by atoms with Crippen LogP contribution in [-0.4, -0.2) is 62.8 Å². The number of nitrogens with zero attached hydrogens (tertiary/aromatic N) is 1. The van der Waals surface area contributed by atoms with E-state index in [9.17, 15) is 19.5 Å². The van der Waals surface area contributed by atoms with Gasteiger partial charge in [0.25, 0.3) is 5.91 Å². The van der Waals surface area contributed by atoms with Crippen molar-refractivity contribution < 1.29 is 38.4 Å². The Morgan fingerprint density at radius 3 is 1.88 bits per heavy atom. The molecule has 0 bridgehead atoms. The number of carbonyl (C=O) groups excluding carboxylic acids is 2. The van der Waals surface area contributed by atoms with Crippen LogP contribution in [-0.2, 0) is 25.5 Å². The van der Waals surface area contributed by atoms with Gasteiger partial charge in [-0.05, 0) is 72.5 Å². The van der Waals surface area contributed by atoms with Gasteiger partial charge in [0.15, 0.2) is 5.92 Å². The Morgan fingerprint density at radius 2 is 1.40 bits per heavy atom. The molecule has 0 heterocycles. The second-order valence-electron chi connectivity index (χ2n) is 9.02. The molecule has 1 amide bonds. The molecule has 0 spiro atoms. The number of methoxy groups -OCH3 is 2. The molecule has 0 aliphatic heterocycles. The Labute approximate surface area is 233 Å². The first kappa shape index (κ1) is 29.8. The van der Waals surface area contributed by atoms with Gasteiger partial charge in [-0.3, -0.25) is 14.4 Å². The Balaban J connectivity index is 1.80. The minimum atomic E-state index is -1.27. The lowest BCUT2D eigenvalue weighted by Crippen LogP contribution is -2.27. The van der Waals surface area contributed by atoms with E-state index in [-0.39, 0.29) is 18.9 Å². The molecule has 40 heavy (non-hydrogen) atoms. The van der Waals surface area contributed by atoms with Crippen molar-refractivity contribution in [3.63, 3.8) is 0 Å². The molecule has 9 nitrogen and oxygen atoms in total. The molecule has 0 fully saturated rings. The minimum absolute atomic E-state index is 0.0112. The monoisotopic (exact) mass is 547 g/mol. The number of carbonyl (C=O) groups is 3. The van der Waals surface area contributed by atoms with Crippen LogP contribution in [0.3, 0.4) is 0 Å². The maximum absolute atomic E-state index is 13.1. The van der Waals surface area contributed by atoms with Crippen LogP contribution in [0.4, 0.5) is 0 Å². The first-order valence-corrected chi connectivity index (χ1v) is 12.6. The summed E-state index contributed by atoms with van der Waals surface area (Å²) in [5, 5.41) is 9.37. The van der Waals surface area contributed by atoms with Crippen LogP contribution < -0.4 is 14.2 Å². The summed E-state index contributed by atoms with van der Waals surface area (Å²) in [6.45, 7) is 1.75. The Kier molecular flexibility index (Phi) is 10.3. The molecule has 3 aromatic rings. The van der Waals surface area contributed by atoms with Crippen LogP contribution >= 0.6 is 0 Å². The number of hydrogen-bond donors (Lipinski definition) is 1. The number of ether oxygens (including phenoxy) is 4. The van der Waals surface area contributed by atoms with E-state index < -0.39 is 17.9 Å². The zero-order valence-electron chi connectivity index (χ0n) is 23.2. The summed E-state index contributed by atoms with van der Waals surface area (Å²) < 4.78 is 21.5. The molecule has 0 aliphatic carbocycles. The van der Waals surface area contributed by atoms with Gasteiger partial charge >= 0.3 is 11.9 Å². The van der Waals surface area contributed by atoms with Gasteiger partial charge in [0.2, 0.25) is 0 Å². The third kappa shape index (κ3) is 7.86. The maximum Gasteiger partial charge on any atom is 0.320 e. The molecular weight excluding hydrogens is 514 g/mol. The Hall–Kier alpha value is -4.79. The molecule has 9 heteroatoms. The average molecular weight is 548 g/mol. The summed E-state index contributed by atoms with van der Waals surface area (Å²) in [4.78, 5) is 38.0. The number of carboxylic acids is 1. The molecule has 0 saturated heterocycles. The summed E-state index contributed by atoms with van der Waals surface area (Å²) in [6, 6.07) is 19.3. The predicted molar refractivity (Wildman–Crippen MR) is 151 cm³/mol. The van der Waals surface area contributed by atoms with Crippen molar-refractivity contribution in [2.24, 2.45) is 5.92 Å². The van der Waals surface area contributed by atoms with E-state index in [1.807, 2.05) is 12.1 Å². The van der Waals surface area contributed by atoms with Gasteiger partial charge in [-0.2, -0.15) is 0 Å². The van der Waals surface area contributed by atoms with E-state index in [0.717, 1.165) is 5.56 Å². The summed E-state index contributed by atoms with van der Waals surface area (Å²) >= 11 is 0. The number of esters is 1. The highest BCUT2D eigenvalue weighted by Gasteiger charge is 2.27. The van der Waals surface area contributed by atoms with E-state index in [2.05, 4.69) is 0 Å². The molecule has 0 radical (unpaired) electrons. The van der Waals surface area contributed by atoms with Gasteiger partial charge in [-0.15, -0.1) is 0 Å². The molecule has 3 aromatic carbocycles. The molecule has 0 saturated carbocycles. The predicted octanol–water partition coefficient (Wildman–Crippen LogP) is 4.93. The molecule has 3 rings (SSSR count). The highest BCUT2D eigenvalue weighted by atomic mass is 16.5. The largest absolute Gasteiger partial charge is 0.497 e. The fourth-order valence-corrected chi connectivity index (χ4v) is 3.87. The molecule has 1 atom stereocenters. The molecule has 1 unspecified atom stereocenters. The number of amides is 1. The number of benzene rings is 3. The molecule has 0 aliphatic rings. The van der Waals surface area contributed by atoms with Gasteiger partial charge in [0.05, 0.1) is 20.8 Å². The lowest BCUT2D eigenvalue weighted by Gasteiger charge is -2.15. The van der Waals surface area contributed by atoms with Crippen LogP contribution in [0.1, 0.15) is 23.6 Å². The van der Waals surface area contributed by atoms with E-state index >= 15 is 0 Å². The Morgan fingerprint density at radius 1 is 0.850 bits per heavy atom. The fourth-order valence-electron chi connectivity index (χ4n) is 3.87. The highest BCUT2D eigenvalue weighted by molar-refractivity contribution is 6.24. The standard InChI is InChI=1S/C31H33NO8/c1-6-39-31(36)28(30(34)35)17-20-7-11-23(12-8-20)40-24-13-9-22(10-14-24)27(29(33)32(2)3)18-21-15-25(37-4)19-26(16-21)38-5/h7-16,18-19,28H,6,17H2,1-5H3,(H,34,35). The van der Waals surface area contributed by atoms with Crippen LogP contribution in [0.25, 0.3) is 11.6 Å². The van der Waals surface area contributed by atoms with Crippen molar-refractivity contribution in [1.82, 2.24) is 4.90 Å². The second kappa shape index (κ2) is 13.8. The molecule has 1 N–H and O–H groups in total. The quantitative estimate of drug-likeness (QED) is 0.147. The van der Waals surface area contributed by atoms with Gasteiger partial charge in [0, 0.05) is 25.7 Å². The number of rotatable bonds is 12. The third-order valence-corrected chi connectivity index (χ3v) is 5.95. The van der Waals surface area contributed by atoms with Crippen LogP contribution in [0.5, 0.6) is 23.0 Å². The van der Waals surface area contributed by atoms with E-state index in [4.69, 9.17) is 18.9 Å². The highest BCUT2D eigenvalue weighted by Crippen LogP contribution is 2.29. The van der Waals surface area contributed by atoms with Crippen LogP contribution in [0.15, 0.2) is 66.7 Å². The zero-order chi connectivity index (χ0) is 29.2. The Bertz CT molecular complexity index is 1340. The topological polar surface area (TPSA) is 112 Å². The fraction of sp³-hybridized carbons (Fsp3) is 0.258. The van der Waals surface area contributed by atoms with E-state index in [1.165, 1.54) is 4.90 Å². The van der Waals surface area contributed by atoms with Crippen molar-refractivity contribution >= 4 is 29.5 Å².